The van der Waals surface area contributed by atoms with Crippen molar-refractivity contribution < 1.29 is 8.42 Å². The van der Waals surface area contributed by atoms with Crippen LogP contribution in [0.2, 0.25) is 0 Å². The zero-order valence-electron chi connectivity index (χ0n) is 13.1. The van der Waals surface area contributed by atoms with Crippen LogP contribution in [0.1, 0.15) is 5.56 Å². The maximum atomic E-state index is 13.0. The highest BCUT2D eigenvalue weighted by atomic mass is 79.9. The molecule has 1 heterocycles. The Labute approximate surface area is 144 Å². The second-order valence-corrected chi connectivity index (χ2v) is 8.42. The van der Waals surface area contributed by atoms with Gasteiger partial charge in [0, 0.05) is 30.2 Å². The van der Waals surface area contributed by atoms with Crippen LogP contribution in [0.5, 0.6) is 0 Å². The summed E-state index contributed by atoms with van der Waals surface area (Å²) in [5, 5.41) is 0.874. The summed E-state index contributed by atoms with van der Waals surface area (Å²) in [6, 6.07) is 12.6. The van der Waals surface area contributed by atoms with Crippen molar-refractivity contribution in [1.82, 2.24) is 3.97 Å². The van der Waals surface area contributed by atoms with Gasteiger partial charge in [0.15, 0.2) is 0 Å². The van der Waals surface area contributed by atoms with E-state index >= 15 is 0 Å². The number of anilines is 1. The lowest BCUT2D eigenvalue weighted by Gasteiger charge is -2.17. The molecule has 0 aliphatic heterocycles. The van der Waals surface area contributed by atoms with Gasteiger partial charge in [-0.1, -0.05) is 33.6 Å². The Kier molecular flexibility index (Phi) is 3.98. The van der Waals surface area contributed by atoms with Gasteiger partial charge >= 0.3 is 0 Å². The Morgan fingerprint density at radius 1 is 1.04 bits per heavy atom. The molecule has 3 aromatic rings. The molecule has 0 aliphatic carbocycles. The van der Waals surface area contributed by atoms with Gasteiger partial charge in [-0.2, -0.15) is 0 Å². The summed E-state index contributed by atoms with van der Waals surface area (Å²) in [7, 11) is 0.167. The van der Waals surface area contributed by atoms with Gasteiger partial charge in [-0.25, -0.2) is 12.4 Å². The van der Waals surface area contributed by atoms with Gasteiger partial charge in [0.1, 0.15) is 0 Å². The van der Waals surface area contributed by atoms with Gasteiger partial charge in [0.2, 0.25) is 0 Å². The summed E-state index contributed by atoms with van der Waals surface area (Å²) >= 11 is 3.48. The largest absolute Gasteiger partial charge is 0.376 e. The van der Waals surface area contributed by atoms with E-state index in [9.17, 15) is 8.42 Å². The molecule has 23 heavy (non-hydrogen) atoms. The summed E-state index contributed by atoms with van der Waals surface area (Å²) < 4.78 is 28.3. The van der Waals surface area contributed by atoms with E-state index in [1.807, 2.05) is 56.3 Å². The topological polar surface area (TPSA) is 42.3 Å². The Balaban J connectivity index is 2.30. The van der Waals surface area contributed by atoms with Crippen LogP contribution in [0.15, 0.2) is 58.0 Å². The summed E-state index contributed by atoms with van der Waals surface area (Å²) in [6.07, 6.45) is 1.61. The monoisotopic (exact) mass is 392 g/mol. The third-order valence-corrected chi connectivity index (χ3v) is 5.90. The molecule has 0 bridgehead atoms. The van der Waals surface area contributed by atoms with E-state index in [1.165, 1.54) is 3.97 Å². The molecule has 6 heteroatoms. The molecule has 0 fully saturated rings. The van der Waals surface area contributed by atoms with Crippen molar-refractivity contribution in [3.05, 3.63) is 58.7 Å². The predicted molar refractivity (Wildman–Crippen MR) is 97.7 cm³/mol. The molecule has 0 unspecified atom stereocenters. The summed E-state index contributed by atoms with van der Waals surface area (Å²) in [5.74, 6) is 0. The minimum atomic E-state index is -3.63. The van der Waals surface area contributed by atoms with E-state index in [-0.39, 0.29) is 4.90 Å². The van der Waals surface area contributed by atoms with Crippen molar-refractivity contribution in [2.45, 2.75) is 11.8 Å². The van der Waals surface area contributed by atoms with Crippen molar-refractivity contribution in [3.63, 3.8) is 0 Å². The third-order valence-electron chi connectivity index (χ3n) is 3.75. The fraction of sp³-hybridized carbons (Fsp3) is 0.176. The van der Waals surface area contributed by atoms with E-state index in [2.05, 4.69) is 15.9 Å². The maximum absolute atomic E-state index is 13.0. The van der Waals surface area contributed by atoms with Gasteiger partial charge < -0.3 is 4.90 Å². The average molecular weight is 393 g/mol. The molecule has 0 amide bonds. The van der Waals surface area contributed by atoms with Crippen molar-refractivity contribution >= 4 is 42.5 Å². The third kappa shape index (κ3) is 2.77. The Morgan fingerprint density at radius 2 is 1.70 bits per heavy atom. The Bertz CT molecular complexity index is 974. The minimum absolute atomic E-state index is 0.285. The number of hydrogen-bond donors (Lipinski definition) is 0. The van der Waals surface area contributed by atoms with Crippen LogP contribution in [0, 0.1) is 6.92 Å². The highest BCUT2D eigenvalue weighted by Crippen LogP contribution is 2.33. The molecule has 0 aliphatic rings. The normalized spacial score (nSPS) is 11.8. The zero-order valence-corrected chi connectivity index (χ0v) is 15.5. The summed E-state index contributed by atoms with van der Waals surface area (Å²) in [5.41, 5.74) is 2.55. The fourth-order valence-corrected chi connectivity index (χ4v) is 4.39. The molecule has 0 N–H and O–H groups in total. The molecule has 0 radical (unpaired) electrons. The second kappa shape index (κ2) is 5.69. The Morgan fingerprint density at radius 3 is 2.30 bits per heavy atom. The SMILES string of the molecule is Cc1ccc(S(=O)(=O)n2ccc3cc(Br)cc(N(C)C)c32)cc1. The number of benzene rings is 2. The molecule has 0 saturated heterocycles. The fourth-order valence-electron chi connectivity index (χ4n) is 2.56. The van der Waals surface area contributed by atoms with Gasteiger partial charge in [0.05, 0.1) is 16.1 Å². The first kappa shape index (κ1) is 16.1. The van der Waals surface area contributed by atoms with Crippen LogP contribution in [0.3, 0.4) is 0 Å². The first-order chi connectivity index (χ1) is 10.8. The van der Waals surface area contributed by atoms with E-state index in [4.69, 9.17) is 0 Å². The van der Waals surface area contributed by atoms with E-state index in [0.717, 1.165) is 21.1 Å². The van der Waals surface area contributed by atoms with Crippen LogP contribution in [0.25, 0.3) is 10.9 Å². The number of aryl methyl sites for hydroxylation is 1. The molecule has 0 atom stereocenters. The smallest absolute Gasteiger partial charge is 0.268 e. The molecule has 3 rings (SSSR count). The lowest BCUT2D eigenvalue weighted by molar-refractivity contribution is 0.589. The first-order valence-corrected chi connectivity index (χ1v) is 9.34. The highest BCUT2D eigenvalue weighted by molar-refractivity contribution is 9.10. The number of hydrogen-bond acceptors (Lipinski definition) is 3. The van der Waals surface area contributed by atoms with E-state index in [1.54, 1.807) is 18.3 Å². The van der Waals surface area contributed by atoms with E-state index in [0.29, 0.717) is 5.52 Å². The molecular formula is C17H17BrN2O2S. The van der Waals surface area contributed by atoms with E-state index < -0.39 is 10.0 Å². The van der Waals surface area contributed by atoms with Crippen molar-refractivity contribution in [2.24, 2.45) is 0 Å². The van der Waals surface area contributed by atoms with Gasteiger partial charge in [-0.15, -0.1) is 0 Å². The quantitative estimate of drug-likeness (QED) is 0.675. The van der Waals surface area contributed by atoms with Gasteiger partial charge in [-0.05, 0) is 37.3 Å². The maximum Gasteiger partial charge on any atom is 0.268 e. The number of halogens is 1. The number of aromatic nitrogens is 1. The van der Waals surface area contributed by atoms with Crippen LogP contribution in [0.4, 0.5) is 5.69 Å². The van der Waals surface area contributed by atoms with Crippen LogP contribution >= 0.6 is 15.9 Å². The van der Waals surface area contributed by atoms with Crippen LogP contribution < -0.4 is 4.90 Å². The lowest BCUT2D eigenvalue weighted by Crippen LogP contribution is -2.15. The number of fused-ring (bicyclic) bond motifs is 1. The number of rotatable bonds is 3. The Hall–Kier alpha value is -1.79. The predicted octanol–water partition coefficient (Wildman–Crippen LogP) is 4.02. The van der Waals surface area contributed by atoms with Crippen LogP contribution in [-0.2, 0) is 10.0 Å². The minimum Gasteiger partial charge on any atom is -0.376 e. The summed E-state index contributed by atoms with van der Waals surface area (Å²) in [6.45, 7) is 1.93. The molecular weight excluding hydrogens is 376 g/mol. The average Bonchev–Trinajstić information content (AvgIpc) is 2.91. The van der Waals surface area contributed by atoms with Gasteiger partial charge in [0.25, 0.3) is 10.0 Å². The molecule has 1 aromatic heterocycles. The first-order valence-electron chi connectivity index (χ1n) is 7.11. The van der Waals surface area contributed by atoms with Crippen molar-refractivity contribution in [1.29, 1.82) is 0 Å². The van der Waals surface area contributed by atoms with Gasteiger partial charge in [-0.3, -0.25) is 0 Å². The number of nitrogens with zero attached hydrogens (tertiary/aromatic N) is 2. The van der Waals surface area contributed by atoms with Crippen molar-refractivity contribution in [3.8, 4) is 0 Å². The molecule has 2 aromatic carbocycles. The molecule has 4 nitrogen and oxygen atoms in total. The second-order valence-electron chi connectivity index (χ2n) is 5.69. The molecule has 120 valence electrons. The standard InChI is InChI=1S/C17H17BrN2O2S/c1-12-4-6-15(7-5-12)23(21,22)20-9-8-13-10-14(18)11-16(17(13)20)19(2)3/h4-11H,1-3H3. The molecule has 0 saturated carbocycles. The summed E-state index contributed by atoms with van der Waals surface area (Å²) in [4.78, 5) is 2.20. The van der Waals surface area contributed by atoms with Crippen LogP contribution in [-0.4, -0.2) is 26.5 Å². The van der Waals surface area contributed by atoms with Crippen molar-refractivity contribution in [2.75, 3.05) is 19.0 Å². The highest BCUT2D eigenvalue weighted by Gasteiger charge is 2.21. The lowest BCUT2D eigenvalue weighted by atomic mass is 10.2. The molecule has 0 spiro atoms. The zero-order chi connectivity index (χ0) is 16.8.